The SMILES string of the molecule is CSc1ccc(C2OCCC2CNC2CC2)cc1. The molecule has 3 rings (SSSR count). The predicted octanol–water partition coefficient (Wildman–Crippen LogP) is 3.24. The standard InChI is InChI=1S/C15H21NOS/c1-18-14-6-2-11(3-7-14)15-12(8-9-17-15)10-16-13-4-5-13/h2-3,6-7,12-13,15-16H,4-5,8-10H2,1H3. The molecule has 2 atom stereocenters. The molecule has 0 radical (unpaired) electrons. The van der Waals surface area contributed by atoms with E-state index in [0.29, 0.717) is 12.0 Å². The van der Waals surface area contributed by atoms with E-state index in [-0.39, 0.29) is 0 Å². The lowest BCUT2D eigenvalue weighted by Gasteiger charge is -2.19. The third kappa shape index (κ3) is 2.90. The van der Waals surface area contributed by atoms with Crippen LogP contribution in [0.3, 0.4) is 0 Å². The molecule has 2 fully saturated rings. The molecule has 1 saturated heterocycles. The van der Waals surface area contributed by atoms with Crippen molar-refractivity contribution in [1.29, 1.82) is 0 Å². The number of nitrogens with one attached hydrogen (secondary N) is 1. The summed E-state index contributed by atoms with van der Waals surface area (Å²) in [6, 6.07) is 9.66. The Bertz CT molecular complexity index is 388. The van der Waals surface area contributed by atoms with Crippen LogP contribution in [-0.2, 0) is 4.74 Å². The van der Waals surface area contributed by atoms with Crippen LogP contribution >= 0.6 is 11.8 Å². The van der Waals surface area contributed by atoms with E-state index in [1.807, 2.05) is 0 Å². The molecule has 0 amide bonds. The van der Waals surface area contributed by atoms with E-state index < -0.39 is 0 Å². The van der Waals surface area contributed by atoms with Crippen molar-refractivity contribution < 1.29 is 4.74 Å². The Labute approximate surface area is 113 Å². The number of hydrogen-bond donors (Lipinski definition) is 1. The lowest BCUT2D eigenvalue weighted by atomic mass is 9.95. The monoisotopic (exact) mass is 263 g/mol. The fourth-order valence-corrected chi connectivity index (χ4v) is 3.02. The molecule has 2 aliphatic rings. The molecular formula is C15H21NOS. The van der Waals surface area contributed by atoms with Crippen molar-refractivity contribution in [3.63, 3.8) is 0 Å². The van der Waals surface area contributed by atoms with Gasteiger partial charge in [-0.25, -0.2) is 0 Å². The summed E-state index contributed by atoms with van der Waals surface area (Å²) in [6.45, 7) is 2.02. The van der Waals surface area contributed by atoms with Gasteiger partial charge in [-0.05, 0) is 43.2 Å². The van der Waals surface area contributed by atoms with Gasteiger partial charge in [0.15, 0.2) is 0 Å². The van der Waals surface area contributed by atoms with E-state index in [2.05, 4.69) is 35.8 Å². The van der Waals surface area contributed by atoms with Crippen molar-refractivity contribution in [2.45, 2.75) is 36.3 Å². The zero-order valence-corrected chi connectivity index (χ0v) is 11.7. The van der Waals surface area contributed by atoms with Crippen molar-refractivity contribution in [3.8, 4) is 0 Å². The summed E-state index contributed by atoms with van der Waals surface area (Å²) >= 11 is 1.79. The molecule has 1 aromatic rings. The molecule has 2 unspecified atom stereocenters. The van der Waals surface area contributed by atoms with Gasteiger partial charge in [0, 0.05) is 30.0 Å². The maximum Gasteiger partial charge on any atom is 0.0866 e. The molecule has 98 valence electrons. The Hall–Kier alpha value is -0.510. The molecule has 0 spiro atoms. The van der Waals surface area contributed by atoms with Crippen LogP contribution in [0.2, 0.25) is 0 Å². The Morgan fingerprint density at radius 3 is 2.67 bits per heavy atom. The maximum absolute atomic E-state index is 5.93. The zero-order valence-electron chi connectivity index (χ0n) is 10.9. The van der Waals surface area contributed by atoms with Gasteiger partial charge in [-0.2, -0.15) is 0 Å². The summed E-state index contributed by atoms with van der Waals surface area (Å²) < 4.78 is 5.93. The summed E-state index contributed by atoms with van der Waals surface area (Å²) in [5.74, 6) is 0.644. The van der Waals surface area contributed by atoms with Crippen LogP contribution in [0.1, 0.15) is 30.9 Å². The van der Waals surface area contributed by atoms with Gasteiger partial charge in [-0.1, -0.05) is 12.1 Å². The van der Waals surface area contributed by atoms with Gasteiger partial charge in [0.2, 0.25) is 0 Å². The first-order valence-electron chi connectivity index (χ1n) is 6.86. The largest absolute Gasteiger partial charge is 0.373 e. The molecule has 1 aliphatic heterocycles. The highest BCUT2D eigenvalue weighted by Gasteiger charge is 2.31. The second-order valence-corrected chi connectivity index (χ2v) is 6.18. The molecule has 1 aromatic carbocycles. The number of ether oxygens (including phenoxy) is 1. The van der Waals surface area contributed by atoms with E-state index in [9.17, 15) is 0 Å². The van der Waals surface area contributed by atoms with Crippen molar-refractivity contribution in [2.24, 2.45) is 5.92 Å². The highest BCUT2D eigenvalue weighted by Crippen LogP contribution is 2.35. The first-order valence-corrected chi connectivity index (χ1v) is 8.08. The van der Waals surface area contributed by atoms with Crippen molar-refractivity contribution in [3.05, 3.63) is 29.8 Å². The van der Waals surface area contributed by atoms with E-state index in [1.54, 1.807) is 11.8 Å². The van der Waals surface area contributed by atoms with Crippen LogP contribution in [-0.4, -0.2) is 25.4 Å². The number of thioether (sulfide) groups is 1. The third-order valence-corrected chi connectivity index (χ3v) is 4.65. The average molecular weight is 263 g/mol. The van der Waals surface area contributed by atoms with Gasteiger partial charge in [0.25, 0.3) is 0 Å². The predicted molar refractivity (Wildman–Crippen MR) is 76.0 cm³/mol. The zero-order chi connectivity index (χ0) is 12.4. The van der Waals surface area contributed by atoms with Gasteiger partial charge in [0.1, 0.15) is 0 Å². The van der Waals surface area contributed by atoms with Gasteiger partial charge in [-0.3, -0.25) is 0 Å². The van der Waals surface area contributed by atoms with Crippen molar-refractivity contribution in [1.82, 2.24) is 5.32 Å². The van der Waals surface area contributed by atoms with E-state index >= 15 is 0 Å². The Balaban J connectivity index is 1.64. The fourth-order valence-electron chi connectivity index (χ4n) is 2.61. The van der Waals surface area contributed by atoms with Crippen LogP contribution in [0.15, 0.2) is 29.2 Å². The fraction of sp³-hybridized carbons (Fsp3) is 0.600. The Morgan fingerprint density at radius 1 is 1.22 bits per heavy atom. The molecule has 18 heavy (non-hydrogen) atoms. The highest BCUT2D eigenvalue weighted by molar-refractivity contribution is 7.98. The summed E-state index contributed by atoms with van der Waals surface area (Å²) in [6.07, 6.45) is 6.33. The quantitative estimate of drug-likeness (QED) is 0.824. The highest BCUT2D eigenvalue weighted by atomic mass is 32.2. The van der Waals surface area contributed by atoms with Crippen molar-refractivity contribution in [2.75, 3.05) is 19.4 Å². The minimum absolute atomic E-state index is 0.298. The summed E-state index contributed by atoms with van der Waals surface area (Å²) in [5, 5.41) is 3.64. The van der Waals surface area contributed by atoms with Gasteiger partial charge in [-0.15, -0.1) is 11.8 Å². The van der Waals surface area contributed by atoms with E-state index in [0.717, 1.165) is 19.2 Å². The summed E-state index contributed by atoms with van der Waals surface area (Å²) in [4.78, 5) is 1.32. The number of hydrogen-bond acceptors (Lipinski definition) is 3. The normalized spacial score (nSPS) is 27.6. The maximum atomic E-state index is 5.93. The minimum atomic E-state index is 0.298. The second-order valence-electron chi connectivity index (χ2n) is 5.30. The van der Waals surface area contributed by atoms with E-state index in [1.165, 1.54) is 29.7 Å². The molecule has 3 heteroatoms. The molecular weight excluding hydrogens is 242 g/mol. The van der Waals surface area contributed by atoms with Gasteiger partial charge < -0.3 is 10.1 Å². The van der Waals surface area contributed by atoms with Crippen LogP contribution in [0.5, 0.6) is 0 Å². The van der Waals surface area contributed by atoms with Crippen molar-refractivity contribution >= 4 is 11.8 Å². The summed E-state index contributed by atoms with van der Waals surface area (Å²) in [7, 11) is 0. The van der Waals surface area contributed by atoms with Gasteiger partial charge >= 0.3 is 0 Å². The number of benzene rings is 1. The molecule has 0 aromatic heterocycles. The molecule has 1 heterocycles. The van der Waals surface area contributed by atoms with Crippen LogP contribution < -0.4 is 5.32 Å². The Morgan fingerprint density at radius 2 is 2.00 bits per heavy atom. The molecule has 1 aliphatic carbocycles. The van der Waals surface area contributed by atoms with Crippen LogP contribution in [0.4, 0.5) is 0 Å². The molecule has 0 bridgehead atoms. The second kappa shape index (κ2) is 5.64. The lowest BCUT2D eigenvalue weighted by molar-refractivity contribution is 0.0904. The lowest BCUT2D eigenvalue weighted by Crippen LogP contribution is -2.26. The molecule has 1 saturated carbocycles. The molecule has 1 N–H and O–H groups in total. The third-order valence-electron chi connectivity index (χ3n) is 3.90. The number of rotatable bonds is 5. The van der Waals surface area contributed by atoms with Crippen LogP contribution in [0.25, 0.3) is 0 Å². The first-order chi connectivity index (χ1) is 8.86. The summed E-state index contributed by atoms with van der Waals surface area (Å²) in [5.41, 5.74) is 1.34. The minimum Gasteiger partial charge on any atom is -0.373 e. The van der Waals surface area contributed by atoms with Gasteiger partial charge in [0.05, 0.1) is 6.10 Å². The Kier molecular flexibility index (Phi) is 3.92. The smallest absolute Gasteiger partial charge is 0.0866 e. The first kappa shape index (κ1) is 12.5. The topological polar surface area (TPSA) is 21.3 Å². The average Bonchev–Trinajstić information content (AvgIpc) is 3.14. The van der Waals surface area contributed by atoms with E-state index in [4.69, 9.17) is 4.74 Å². The van der Waals surface area contributed by atoms with Crippen LogP contribution in [0, 0.1) is 5.92 Å². The molecule has 2 nitrogen and oxygen atoms in total.